The van der Waals surface area contributed by atoms with Crippen molar-refractivity contribution in [2.75, 3.05) is 13.1 Å². The van der Waals surface area contributed by atoms with Crippen LogP contribution in [0.1, 0.15) is 46.0 Å². The molecule has 104 valence electrons. The molecule has 0 spiro atoms. The van der Waals surface area contributed by atoms with E-state index in [1.165, 1.54) is 0 Å². The van der Waals surface area contributed by atoms with Crippen molar-refractivity contribution >= 4 is 12.0 Å². The summed E-state index contributed by atoms with van der Waals surface area (Å²) in [5.74, 6) is -0.257. The highest BCUT2D eigenvalue weighted by molar-refractivity contribution is 5.76. The van der Waals surface area contributed by atoms with Gasteiger partial charge in [-0.15, -0.1) is 0 Å². The molecule has 1 fully saturated rings. The number of carboxylic acids is 1. The summed E-state index contributed by atoms with van der Waals surface area (Å²) in [5, 5.41) is 11.5. The molecule has 1 saturated heterocycles. The molecule has 0 aromatic carbocycles. The van der Waals surface area contributed by atoms with Crippen LogP contribution < -0.4 is 5.32 Å². The van der Waals surface area contributed by atoms with E-state index in [0.717, 1.165) is 32.4 Å². The van der Waals surface area contributed by atoms with E-state index in [9.17, 15) is 9.59 Å². The minimum atomic E-state index is -0.868. The maximum absolute atomic E-state index is 12.0. The van der Waals surface area contributed by atoms with Gasteiger partial charge >= 0.3 is 12.0 Å². The van der Waals surface area contributed by atoms with Crippen molar-refractivity contribution in [1.82, 2.24) is 10.2 Å². The molecule has 1 heterocycles. The Morgan fingerprint density at radius 2 is 2.17 bits per heavy atom. The van der Waals surface area contributed by atoms with Gasteiger partial charge in [0.15, 0.2) is 0 Å². The Balaban J connectivity index is 2.38. The average Bonchev–Trinajstić information content (AvgIpc) is 2.76. The third-order valence-corrected chi connectivity index (χ3v) is 3.51. The fourth-order valence-corrected chi connectivity index (χ4v) is 2.44. The Morgan fingerprint density at radius 3 is 2.72 bits per heavy atom. The second-order valence-corrected chi connectivity index (χ2v) is 5.04. The van der Waals surface area contributed by atoms with Crippen LogP contribution in [0.15, 0.2) is 0 Å². The molecule has 0 radical (unpaired) electrons. The summed E-state index contributed by atoms with van der Waals surface area (Å²) in [4.78, 5) is 24.4. The number of urea groups is 1. The van der Waals surface area contributed by atoms with E-state index < -0.39 is 5.97 Å². The van der Waals surface area contributed by atoms with Crippen LogP contribution in [0.25, 0.3) is 0 Å². The Kier molecular flexibility index (Phi) is 5.95. The van der Waals surface area contributed by atoms with Crippen LogP contribution in [-0.4, -0.2) is 41.1 Å². The van der Waals surface area contributed by atoms with Gasteiger partial charge in [0.2, 0.25) is 0 Å². The van der Waals surface area contributed by atoms with Crippen LogP contribution in [0.5, 0.6) is 0 Å². The molecule has 2 amide bonds. The van der Waals surface area contributed by atoms with Gasteiger partial charge in [0, 0.05) is 19.1 Å². The summed E-state index contributed by atoms with van der Waals surface area (Å²) < 4.78 is 0. The van der Waals surface area contributed by atoms with Gasteiger partial charge in [-0.05, 0) is 25.2 Å². The molecule has 1 aliphatic heterocycles. The Morgan fingerprint density at radius 1 is 1.44 bits per heavy atom. The Hall–Kier alpha value is -1.26. The zero-order valence-corrected chi connectivity index (χ0v) is 11.3. The Bertz CT molecular complexity index is 294. The first kappa shape index (κ1) is 14.8. The number of carboxylic acid groups (broad SMARTS) is 1. The number of rotatable bonds is 6. The van der Waals surface area contributed by atoms with Crippen LogP contribution in [0, 0.1) is 5.92 Å². The number of carbonyl (C=O) groups excluding carboxylic acids is 1. The fraction of sp³-hybridized carbons (Fsp3) is 0.846. The summed E-state index contributed by atoms with van der Waals surface area (Å²) >= 11 is 0. The zero-order valence-electron chi connectivity index (χ0n) is 11.3. The second kappa shape index (κ2) is 7.24. The Labute approximate surface area is 109 Å². The zero-order chi connectivity index (χ0) is 13.5. The van der Waals surface area contributed by atoms with Crippen molar-refractivity contribution in [2.45, 2.75) is 52.0 Å². The number of carbonyl (C=O) groups is 2. The molecule has 1 aliphatic rings. The highest BCUT2D eigenvalue weighted by atomic mass is 16.4. The maximum atomic E-state index is 12.0. The predicted octanol–water partition coefficient (Wildman–Crippen LogP) is 2.07. The first-order chi connectivity index (χ1) is 8.56. The SMILES string of the molecule is CCCC1CCN(C(=O)NC(CC)CC(=O)O)C1. The highest BCUT2D eigenvalue weighted by Crippen LogP contribution is 2.20. The number of aliphatic carboxylic acids is 1. The molecule has 0 aromatic heterocycles. The molecule has 2 atom stereocenters. The lowest BCUT2D eigenvalue weighted by atomic mass is 10.0. The van der Waals surface area contributed by atoms with Crippen molar-refractivity contribution in [3.05, 3.63) is 0 Å². The van der Waals surface area contributed by atoms with Gasteiger partial charge in [0.05, 0.1) is 6.42 Å². The van der Waals surface area contributed by atoms with Gasteiger partial charge in [-0.3, -0.25) is 4.79 Å². The molecular weight excluding hydrogens is 232 g/mol. The molecule has 2 N–H and O–H groups in total. The van der Waals surface area contributed by atoms with E-state index in [0.29, 0.717) is 12.3 Å². The van der Waals surface area contributed by atoms with Crippen LogP contribution in [0.4, 0.5) is 4.79 Å². The minimum absolute atomic E-state index is 0.00549. The first-order valence-electron chi connectivity index (χ1n) is 6.84. The van der Waals surface area contributed by atoms with Crippen LogP contribution in [-0.2, 0) is 4.79 Å². The van der Waals surface area contributed by atoms with Crippen molar-refractivity contribution < 1.29 is 14.7 Å². The quantitative estimate of drug-likeness (QED) is 0.764. The van der Waals surface area contributed by atoms with Crippen molar-refractivity contribution in [2.24, 2.45) is 5.92 Å². The summed E-state index contributed by atoms with van der Waals surface area (Å²) in [7, 11) is 0. The number of nitrogens with one attached hydrogen (secondary N) is 1. The van der Waals surface area contributed by atoms with Crippen LogP contribution >= 0.6 is 0 Å². The van der Waals surface area contributed by atoms with Crippen molar-refractivity contribution in [3.63, 3.8) is 0 Å². The fourth-order valence-electron chi connectivity index (χ4n) is 2.44. The number of likely N-dealkylation sites (tertiary alicyclic amines) is 1. The normalized spacial score (nSPS) is 20.8. The van der Waals surface area contributed by atoms with Gasteiger partial charge in [-0.1, -0.05) is 20.3 Å². The van der Waals surface area contributed by atoms with Gasteiger partial charge in [0.25, 0.3) is 0 Å². The molecule has 0 bridgehead atoms. The lowest BCUT2D eigenvalue weighted by Crippen LogP contribution is -2.44. The number of hydrogen-bond donors (Lipinski definition) is 2. The van der Waals surface area contributed by atoms with Crippen molar-refractivity contribution in [3.8, 4) is 0 Å². The van der Waals surface area contributed by atoms with Crippen molar-refractivity contribution in [1.29, 1.82) is 0 Å². The first-order valence-corrected chi connectivity index (χ1v) is 6.84. The summed E-state index contributed by atoms with van der Waals surface area (Å²) in [5.41, 5.74) is 0. The van der Waals surface area contributed by atoms with Gasteiger partial charge < -0.3 is 15.3 Å². The predicted molar refractivity (Wildman–Crippen MR) is 69.5 cm³/mol. The molecule has 0 aromatic rings. The second-order valence-electron chi connectivity index (χ2n) is 5.04. The van der Waals surface area contributed by atoms with Crippen LogP contribution in [0.2, 0.25) is 0 Å². The molecular formula is C13H24N2O3. The molecule has 0 saturated carbocycles. The molecule has 2 unspecified atom stereocenters. The highest BCUT2D eigenvalue weighted by Gasteiger charge is 2.26. The summed E-state index contributed by atoms with van der Waals surface area (Å²) in [6.07, 6.45) is 4.02. The standard InChI is InChI=1S/C13H24N2O3/c1-3-5-10-6-7-15(9-10)13(18)14-11(4-2)8-12(16)17/h10-11H,3-9H2,1-2H3,(H,14,18)(H,16,17). The lowest BCUT2D eigenvalue weighted by Gasteiger charge is -2.21. The van der Waals surface area contributed by atoms with Gasteiger partial charge in [-0.2, -0.15) is 0 Å². The lowest BCUT2D eigenvalue weighted by molar-refractivity contribution is -0.137. The van der Waals surface area contributed by atoms with E-state index in [1.807, 2.05) is 11.8 Å². The summed E-state index contributed by atoms with van der Waals surface area (Å²) in [6, 6.07) is -0.373. The monoisotopic (exact) mass is 256 g/mol. The summed E-state index contributed by atoms with van der Waals surface area (Å²) in [6.45, 7) is 5.64. The molecule has 18 heavy (non-hydrogen) atoms. The third kappa shape index (κ3) is 4.55. The van der Waals surface area contributed by atoms with Gasteiger partial charge in [-0.25, -0.2) is 4.79 Å². The van der Waals surface area contributed by atoms with E-state index in [4.69, 9.17) is 5.11 Å². The van der Waals surface area contributed by atoms with E-state index in [1.54, 1.807) is 0 Å². The number of amides is 2. The van der Waals surface area contributed by atoms with E-state index >= 15 is 0 Å². The molecule has 0 aliphatic carbocycles. The number of nitrogens with zero attached hydrogens (tertiary/aromatic N) is 1. The largest absolute Gasteiger partial charge is 0.481 e. The van der Waals surface area contributed by atoms with Crippen LogP contribution in [0.3, 0.4) is 0 Å². The average molecular weight is 256 g/mol. The molecule has 1 rings (SSSR count). The molecule has 5 heteroatoms. The molecule has 5 nitrogen and oxygen atoms in total. The van der Waals surface area contributed by atoms with E-state index in [2.05, 4.69) is 12.2 Å². The topological polar surface area (TPSA) is 69.6 Å². The van der Waals surface area contributed by atoms with E-state index in [-0.39, 0.29) is 18.5 Å². The minimum Gasteiger partial charge on any atom is -0.481 e. The smallest absolute Gasteiger partial charge is 0.317 e. The number of hydrogen-bond acceptors (Lipinski definition) is 2. The third-order valence-electron chi connectivity index (χ3n) is 3.51. The van der Waals surface area contributed by atoms with Gasteiger partial charge in [0.1, 0.15) is 0 Å². The maximum Gasteiger partial charge on any atom is 0.317 e.